The van der Waals surface area contributed by atoms with Crippen molar-refractivity contribution in [2.24, 2.45) is 0 Å². The molecule has 0 saturated heterocycles. The topological polar surface area (TPSA) is 27.7 Å². The van der Waals surface area contributed by atoms with E-state index in [0.717, 1.165) is 0 Å². The first kappa shape index (κ1) is 13.6. The lowest BCUT2D eigenvalue weighted by molar-refractivity contribution is 0.138. The number of hydrogen-bond acceptors (Lipinski definition) is 3. The molecule has 0 saturated carbocycles. The fourth-order valence-electron chi connectivity index (χ4n) is 0.500. The van der Waals surface area contributed by atoms with Gasteiger partial charge >= 0.3 is 8.80 Å². The van der Waals surface area contributed by atoms with E-state index >= 15 is 0 Å². The van der Waals surface area contributed by atoms with E-state index in [4.69, 9.17) is 13.3 Å². The Kier molecular flexibility index (Phi) is 10.1. The smallest absolute Gasteiger partial charge is 0.374 e. The highest BCUT2D eigenvalue weighted by Gasteiger charge is 2.33. The molecule has 0 heterocycles. The number of rotatable bonds is 4. The van der Waals surface area contributed by atoms with Gasteiger partial charge in [0.1, 0.15) is 0 Å². The molecule has 11 heavy (non-hydrogen) atoms. The summed E-state index contributed by atoms with van der Waals surface area (Å²) in [5, 5.41) is 0. The van der Waals surface area contributed by atoms with E-state index in [-0.39, 0.29) is 0 Å². The van der Waals surface area contributed by atoms with Crippen molar-refractivity contribution < 1.29 is 13.3 Å². The van der Waals surface area contributed by atoms with Crippen LogP contribution in [0.15, 0.2) is 12.3 Å². The highest BCUT2D eigenvalue weighted by atomic mass is 28.4. The largest absolute Gasteiger partial charge is 0.528 e. The summed E-state index contributed by atoms with van der Waals surface area (Å²) in [6, 6.07) is 0. The SMILES string of the molecule is C=C[Si](OC)(OC)OC.C[SiH3]. The van der Waals surface area contributed by atoms with E-state index in [2.05, 4.69) is 13.1 Å². The zero-order valence-electron chi connectivity index (χ0n) is 8.01. The second kappa shape index (κ2) is 8.15. The van der Waals surface area contributed by atoms with Gasteiger partial charge in [0, 0.05) is 21.3 Å². The first-order valence-electron chi connectivity index (χ1n) is 3.53. The lowest BCUT2D eigenvalue weighted by Gasteiger charge is -2.19. The van der Waals surface area contributed by atoms with E-state index in [1.165, 1.54) is 10.2 Å². The Labute approximate surface area is 73.1 Å². The minimum Gasteiger partial charge on any atom is -0.374 e. The van der Waals surface area contributed by atoms with Crippen LogP contribution in [0.25, 0.3) is 0 Å². The summed E-state index contributed by atoms with van der Waals surface area (Å²) < 4.78 is 14.9. The molecule has 0 N–H and O–H groups in total. The van der Waals surface area contributed by atoms with Gasteiger partial charge in [0.2, 0.25) is 0 Å². The molecule has 0 aliphatic rings. The maximum atomic E-state index is 4.96. The van der Waals surface area contributed by atoms with Crippen LogP contribution in [0.4, 0.5) is 0 Å². The Morgan fingerprint density at radius 3 is 1.36 bits per heavy atom. The van der Waals surface area contributed by atoms with E-state index in [9.17, 15) is 0 Å². The van der Waals surface area contributed by atoms with E-state index in [1.807, 2.05) is 0 Å². The zero-order valence-corrected chi connectivity index (χ0v) is 11.0. The molecule has 0 aromatic heterocycles. The molecule has 0 atom stereocenters. The second-order valence-corrected chi connectivity index (χ2v) is 4.26. The van der Waals surface area contributed by atoms with Crippen molar-refractivity contribution in [1.82, 2.24) is 0 Å². The molecule has 5 heteroatoms. The predicted molar refractivity (Wildman–Crippen MR) is 52.8 cm³/mol. The van der Waals surface area contributed by atoms with Gasteiger partial charge in [0.25, 0.3) is 0 Å². The van der Waals surface area contributed by atoms with Crippen LogP contribution in [-0.2, 0) is 13.3 Å². The third-order valence-electron chi connectivity index (χ3n) is 1.10. The van der Waals surface area contributed by atoms with Crippen molar-refractivity contribution in [2.75, 3.05) is 21.3 Å². The summed E-state index contributed by atoms with van der Waals surface area (Å²) in [4.78, 5) is 0. The lowest BCUT2D eigenvalue weighted by atomic mass is 11.3. The van der Waals surface area contributed by atoms with Gasteiger partial charge in [-0.2, -0.15) is 0 Å². The Balaban J connectivity index is 0. The van der Waals surface area contributed by atoms with Crippen molar-refractivity contribution in [1.29, 1.82) is 0 Å². The van der Waals surface area contributed by atoms with E-state index in [1.54, 1.807) is 27.0 Å². The first-order valence-corrected chi connectivity index (χ1v) is 7.34. The van der Waals surface area contributed by atoms with Crippen LogP contribution in [0, 0.1) is 0 Å². The molecule has 0 radical (unpaired) electrons. The zero-order chi connectivity index (χ0) is 9.33. The highest BCUT2D eigenvalue weighted by Crippen LogP contribution is 2.04. The Hall–Kier alpha value is 0.0538. The molecule has 0 spiro atoms. The minimum absolute atomic E-state index is 1.31. The molecule has 0 aromatic rings. The van der Waals surface area contributed by atoms with Crippen molar-refractivity contribution in [2.45, 2.75) is 6.55 Å². The molecule has 3 nitrogen and oxygen atoms in total. The maximum Gasteiger partial charge on any atom is 0.528 e. The summed E-state index contributed by atoms with van der Waals surface area (Å²) in [6.45, 7) is 5.67. The van der Waals surface area contributed by atoms with Gasteiger partial charge in [-0.25, -0.2) is 0 Å². The molecular weight excluding hydrogens is 176 g/mol. The Morgan fingerprint density at radius 2 is 1.36 bits per heavy atom. The van der Waals surface area contributed by atoms with Crippen LogP contribution < -0.4 is 0 Å². The minimum atomic E-state index is -2.43. The molecule has 0 aliphatic carbocycles. The second-order valence-electron chi connectivity index (χ2n) is 1.42. The van der Waals surface area contributed by atoms with Gasteiger partial charge in [0.05, 0.1) is 0 Å². The van der Waals surface area contributed by atoms with Gasteiger partial charge in [-0.05, 0) is 15.9 Å². The Morgan fingerprint density at radius 1 is 1.09 bits per heavy atom. The summed E-state index contributed by atoms with van der Waals surface area (Å²) in [7, 11) is 3.51. The molecule has 0 aromatic carbocycles. The van der Waals surface area contributed by atoms with Crippen LogP contribution in [-0.4, -0.2) is 40.4 Å². The summed E-state index contributed by atoms with van der Waals surface area (Å²) >= 11 is 0. The molecule has 0 aliphatic heterocycles. The number of hydrogen-bond donors (Lipinski definition) is 0. The predicted octanol–water partition coefficient (Wildman–Crippen LogP) is -0.0104. The van der Waals surface area contributed by atoms with Crippen LogP contribution in [0.5, 0.6) is 0 Å². The first-order chi connectivity index (χ1) is 5.24. The average Bonchev–Trinajstić information content (AvgIpc) is 2.13. The fourth-order valence-corrected chi connectivity index (χ4v) is 1.50. The summed E-state index contributed by atoms with van der Waals surface area (Å²) in [5.74, 6) is 0. The quantitative estimate of drug-likeness (QED) is 0.589. The van der Waals surface area contributed by atoms with Crippen molar-refractivity contribution >= 4 is 19.0 Å². The van der Waals surface area contributed by atoms with Gasteiger partial charge in [-0.1, -0.05) is 13.1 Å². The maximum absolute atomic E-state index is 4.96. The van der Waals surface area contributed by atoms with Crippen LogP contribution in [0.2, 0.25) is 6.55 Å². The lowest BCUT2D eigenvalue weighted by Crippen LogP contribution is -2.40. The Bertz CT molecular complexity index is 85.6. The fraction of sp³-hybridized carbons (Fsp3) is 0.667. The van der Waals surface area contributed by atoms with Gasteiger partial charge in [-0.3, -0.25) is 0 Å². The monoisotopic (exact) mass is 194 g/mol. The van der Waals surface area contributed by atoms with Crippen LogP contribution >= 0.6 is 0 Å². The third kappa shape index (κ3) is 4.49. The van der Waals surface area contributed by atoms with Gasteiger partial charge < -0.3 is 13.3 Å². The van der Waals surface area contributed by atoms with Crippen molar-refractivity contribution in [3.63, 3.8) is 0 Å². The van der Waals surface area contributed by atoms with Crippen molar-refractivity contribution in [3.8, 4) is 0 Å². The molecule has 0 unspecified atom stereocenters. The molecule has 68 valence electrons. The molecule has 0 amide bonds. The summed E-state index contributed by atoms with van der Waals surface area (Å²) in [5.41, 5.74) is 1.58. The van der Waals surface area contributed by atoms with Crippen LogP contribution in [0.1, 0.15) is 0 Å². The molecule has 0 bridgehead atoms. The molecule has 0 fully saturated rings. The average molecular weight is 194 g/mol. The summed E-state index contributed by atoms with van der Waals surface area (Å²) in [6.07, 6.45) is 0. The normalized spacial score (nSPS) is 10.2. The molecular formula is C6H18O3Si2. The van der Waals surface area contributed by atoms with Crippen molar-refractivity contribution in [3.05, 3.63) is 12.3 Å². The van der Waals surface area contributed by atoms with E-state index in [0.29, 0.717) is 0 Å². The van der Waals surface area contributed by atoms with Gasteiger partial charge in [0.15, 0.2) is 0 Å². The van der Waals surface area contributed by atoms with Crippen LogP contribution in [0.3, 0.4) is 0 Å². The third-order valence-corrected chi connectivity index (χ3v) is 3.31. The highest BCUT2D eigenvalue weighted by molar-refractivity contribution is 6.66. The molecule has 0 rings (SSSR count). The van der Waals surface area contributed by atoms with Gasteiger partial charge in [-0.15, -0.1) is 0 Å². The van der Waals surface area contributed by atoms with E-state index < -0.39 is 8.80 Å². The standard InChI is InChI=1S/C5H12O3Si.CH6Si/c1-5-9(6-2,7-3)8-4;1-2/h5H,1H2,2-4H3;1-2H3.